The van der Waals surface area contributed by atoms with Gasteiger partial charge < -0.3 is 9.47 Å². The van der Waals surface area contributed by atoms with Gasteiger partial charge in [0.05, 0.1) is 6.61 Å². The lowest BCUT2D eigenvalue weighted by atomic mass is 10.2. The van der Waals surface area contributed by atoms with Gasteiger partial charge in [0.2, 0.25) is 6.29 Å². The maximum absolute atomic E-state index is 11.4. The molecule has 100 valence electrons. The SMILES string of the molecule is C=C(C)C(=O)OC(CCC)OCCCCCC. The highest BCUT2D eigenvalue weighted by atomic mass is 16.7. The van der Waals surface area contributed by atoms with Gasteiger partial charge in [-0.25, -0.2) is 4.79 Å². The Kier molecular flexibility index (Phi) is 9.83. The van der Waals surface area contributed by atoms with Gasteiger partial charge in [0.1, 0.15) is 0 Å². The quantitative estimate of drug-likeness (QED) is 0.253. The fourth-order valence-corrected chi connectivity index (χ4v) is 1.38. The number of hydrogen-bond acceptors (Lipinski definition) is 3. The van der Waals surface area contributed by atoms with Crippen LogP contribution in [0.3, 0.4) is 0 Å². The molecule has 0 aliphatic heterocycles. The molecule has 0 amide bonds. The summed E-state index contributed by atoms with van der Waals surface area (Å²) >= 11 is 0. The molecule has 3 nitrogen and oxygen atoms in total. The van der Waals surface area contributed by atoms with Crippen LogP contribution in [0.4, 0.5) is 0 Å². The summed E-state index contributed by atoms with van der Waals surface area (Å²) in [4.78, 5) is 11.4. The Morgan fingerprint density at radius 2 is 1.88 bits per heavy atom. The Labute approximate surface area is 105 Å². The molecule has 3 heteroatoms. The van der Waals surface area contributed by atoms with E-state index in [0.29, 0.717) is 12.2 Å². The van der Waals surface area contributed by atoms with Crippen molar-refractivity contribution in [1.82, 2.24) is 0 Å². The normalized spacial score (nSPS) is 12.2. The topological polar surface area (TPSA) is 35.5 Å². The molecule has 0 N–H and O–H groups in total. The molecule has 0 aromatic rings. The average Bonchev–Trinajstić information content (AvgIpc) is 2.28. The van der Waals surface area contributed by atoms with Crippen LogP contribution in [0.5, 0.6) is 0 Å². The minimum absolute atomic E-state index is 0.364. The van der Waals surface area contributed by atoms with Gasteiger partial charge in [-0.05, 0) is 13.3 Å². The highest BCUT2D eigenvalue weighted by Gasteiger charge is 2.14. The maximum atomic E-state index is 11.4. The van der Waals surface area contributed by atoms with Crippen molar-refractivity contribution in [2.45, 2.75) is 65.6 Å². The van der Waals surface area contributed by atoms with E-state index in [4.69, 9.17) is 9.47 Å². The van der Waals surface area contributed by atoms with Crippen molar-refractivity contribution in [1.29, 1.82) is 0 Å². The van der Waals surface area contributed by atoms with Crippen molar-refractivity contribution < 1.29 is 14.3 Å². The minimum Gasteiger partial charge on any atom is -0.432 e. The third-order valence-corrected chi connectivity index (χ3v) is 2.41. The van der Waals surface area contributed by atoms with Gasteiger partial charge in [-0.3, -0.25) is 0 Å². The first-order chi connectivity index (χ1) is 8.11. The molecule has 1 atom stereocenters. The molecule has 0 spiro atoms. The van der Waals surface area contributed by atoms with Gasteiger partial charge in [-0.2, -0.15) is 0 Å². The fraction of sp³-hybridized carbons (Fsp3) is 0.786. The van der Waals surface area contributed by atoms with Gasteiger partial charge in [0, 0.05) is 12.0 Å². The zero-order chi connectivity index (χ0) is 13.1. The van der Waals surface area contributed by atoms with E-state index in [9.17, 15) is 4.79 Å². The van der Waals surface area contributed by atoms with E-state index in [1.807, 2.05) is 6.92 Å². The second-order valence-electron chi connectivity index (χ2n) is 4.34. The predicted molar refractivity (Wildman–Crippen MR) is 69.7 cm³/mol. The first kappa shape index (κ1) is 16.2. The smallest absolute Gasteiger partial charge is 0.335 e. The summed E-state index contributed by atoms with van der Waals surface area (Å²) in [7, 11) is 0. The van der Waals surface area contributed by atoms with Gasteiger partial charge in [0.25, 0.3) is 0 Å². The molecule has 0 saturated carbocycles. The number of ether oxygens (including phenoxy) is 2. The lowest BCUT2D eigenvalue weighted by molar-refractivity contribution is -0.175. The van der Waals surface area contributed by atoms with Crippen molar-refractivity contribution in [3.05, 3.63) is 12.2 Å². The molecule has 1 unspecified atom stereocenters. The summed E-state index contributed by atoms with van der Waals surface area (Å²) < 4.78 is 10.8. The summed E-state index contributed by atoms with van der Waals surface area (Å²) in [6, 6.07) is 0. The fourth-order valence-electron chi connectivity index (χ4n) is 1.38. The molecule has 0 aliphatic rings. The standard InChI is InChI=1S/C14H26O3/c1-5-7-8-9-11-16-13(10-6-2)17-14(15)12(3)4/h13H,3,5-11H2,1-2,4H3. The summed E-state index contributed by atoms with van der Waals surface area (Å²) in [6.45, 7) is 10.1. The molecule has 0 aromatic heterocycles. The molecule has 0 rings (SSSR count). The Hall–Kier alpha value is -0.830. The highest BCUT2D eigenvalue weighted by molar-refractivity contribution is 5.86. The molecule has 0 aromatic carbocycles. The van der Waals surface area contributed by atoms with Gasteiger partial charge in [-0.1, -0.05) is 46.1 Å². The second-order valence-corrected chi connectivity index (χ2v) is 4.34. The van der Waals surface area contributed by atoms with E-state index in [2.05, 4.69) is 13.5 Å². The number of esters is 1. The lowest BCUT2D eigenvalue weighted by Gasteiger charge is -2.17. The number of carbonyl (C=O) groups is 1. The molecular weight excluding hydrogens is 216 g/mol. The van der Waals surface area contributed by atoms with Crippen LogP contribution in [-0.2, 0) is 14.3 Å². The third-order valence-electron chi connectivity index (χ3n) is 2.41. The molecule has 0 radical (unpaired) electrons. The van der Waals surface area contributed by atoms with Gasteiger partial charge >= 0.3 is 5.97 Å². The van der Waals surface area contributed by atoms with Gasteiger partial charge in [0.15, 0.2) is 0 Å². The molecule has 0 saturated heterocycles. The number of hydrogen-bond donors (Lipinski definition) is 0. The van der Waals surface area contributed by atoms with E-state index in [-0.39, 0.29) is 5.97 Å². The Balaban J connectivity index is 3.81. The van der Waals surface area contributed by atoms with Gasteiger partial charge in [-0.15, -0.1) is 0 Å². The molecule has 0 heterocycles. The Morgan fingerprint density at radius 1 is 1.18 bits per heavy atom. The lowest BCUT2D eigenvalue weighted by Crippen LogP contribution is -2.22. The summed E-state index contributed by atoms with van der Waals surface area (Å²) in [6.07, 6.45) is 5.90. The largest absolute Gasteiger partial charge is 0.432 e. The summed E-state index contributed by atoms with van der Waals surface area (Å²) in [5.74, 6) is -0.364. The Morgan fingerprint density at radius 3 is 2.41 bits per heavy atom. The zero-order valence-electron chi connectivity index (χ0n) is 11.5. The molecule has 0 fully saturated rings. The first-order valence-electron chi connectivity index (χ1n) is 6.59. The van der Waals surface area contributed by atoms with Crippen LogP contribution in [0.2, 0.25) is 0 Å². The molecule has 17 heavy (non-hydrogen) atoms. The van der Waals surface area contributed by atoms with Crippen LogP contribution in [0.15, 0.2) is 12.2 Å². The van der Waals surface area contributed by atoms with Crippen LogP contribution in [0.1, 0.15) is 59.3 Å². The average molecular weight is 242 g/mol. The van der Waals surface area contributed by atoms with Crippen molar-refractivity contribution in [3.63, 3.8) is 0 Å². The third kappa shape index (κ3) is 8.93. The van der Waals surface area contributed by atoms with Crippen LogP contribution < -0.4 is 0 Å². The van der Waals surface area contributed by atoms with Crippen LogP contribution >= 0.6 is 0 Å². The van der Waals surface area contributed by atoms with E-state index < -0.39 is 6.29 Å². The highest BCUT2D eigenvalue weighted by Crippen LogP contribution is 2.09. The molecule has 0 aliphatic carbocycles. The maximum Gasteiger partial charge on any atom is 0.335 e. The monoisotopic (exact) mass is 242 g/mol. The van der Waals surface area contributed by atoms with E-state index in [0.717, 1.165) is 19.3 Å². The first-order valence-corrected chi connectivity index (χ1v) is 6.59. The van der Waals surface area contributed by atoms with E-state index in [1.165, 1.54) is 19.3 Å². The number of rotatable bonds is 10. The predicted octanol–water partition coefficient (Wildman–Crippen LogP) is 3.83. The Bertz CT molecular complexity index is 224. The van der Waals surface area contributed by atoms with Crippen LogP contribution in [-0.4, -0.2) is 18.9 Å². The summed E-state index contributed by atoms with van der Waals surface area (Å²) in [5, 5.41) is 0. The van der Waals surface area contributed by atoms with Crippen molar-refractivity contribution in [2.24, 2.45) is 0 Å². The van der Waals surface area contributed by atoms with Crippen molar-refractivity contribution in [3.8, 4) is 0 Å². The van der Waals surface area contributed by atoms with Crippen LogP contribution in [0.25, 0.3) is 0 Å². The van der Waals surface area contributed by atoms with Crippen LogP contribution in [0, 0.1) is 0 Å². The minimum atomic E-state index is -0.411. The zero-order valence-corrected chi connectivity index (χ0v) is 11.5. The number of unbranched alkanes of at least 4 members (excludes halogenated alkanes) is 3. The van der Waals surface area contributed by atoms with E-state index in [1.54, 1.807) is 6.92 Å². The summed E-state index contributed by atoms with van der Waals surface area (Å²) in [5.41, 5.74) is 0.417. The van der Waals surface area contributed by atoms with Crippen molar-refractivity contribution >= 4 is 5.97 Å². The van der Waals surface area contributed by atoms with Crippen molar-refractivity contribution in [2.75, 3.05) is 6.61 Å². The second kappa shape index (κ2) is 10.3. The molecular formula is C14H26O3. The number of carbonyl (C=O) groups excluding carboxylic acids is 1. The van der Waals surface area contributed by atoms with E-state index >= 15 is 0 Å². The molecule has 0 bridgehead atoms.